The fraction of sp³-hybridized carbons (Fsp3) is 0.500. The van der Waals surface area contributed by atoms with Crippen LogP contribution in [0.1, 0.15) is 41.8 Å². The number of aromatic nitrogens is 1. The van der Waals surface area contributed by atoms with E-state index in [2.05, 4.69) is 24.3 Å². The Hall–Kier alpha value is -2.27. The summed E-state index contributed by atoms with van der Waals surface area (Å²) in [4.78, 5) is 33.1. The number of nitrogens with zero attached hydrogens (tertiary/aromatic N) is 3. The van der Waals surface area contributed by atoms with Crippen molar-refractivity contribution in [1.82, 2.24) is 14.8 Å². The average molecular weight is 365 g/mol. The lowest BCUT2D eigenvalue weighted by Gasteiger charge is -2.28. The molecule has 1 saturated carbocycles. The van der Waals surface area contributed by atoms with Gasteiger partial charge in [-0.2, -0.15) is 0 Å². The zero-order valence-corrected chi connectivity index (χ0v) is 16.2. The first kappa shape index (κ1) is 18.1. The minimum Gasteiger partial charge on any atom is -0.338 e. The molecule has 2 aliphatic carbocycles. The van der Waals surface area contributed by atoms with E-state index in [1.807, 2.05) is 23.9 Å². The van der Waals surface area contributed by atoms with Crippen molar-refractivity contribution in [2.75, 3.05) is 33.7 Å². The van der Waals surface area contributed by atoms with Gasteiger partial charge < -0.3 is 9.80 Å². The SMILES string of the molecule is CN(C)CC(=O)N1CC=C(c2cc(CC(=O)C3CC3)nc3c2C=CC3)CC1. The van der Waals surface area contributed by atoms with Crippen molar-refractivity contribution < 1.29 is 9.59 Å². The number of ketones is 1. The molecule has 1 fully saturated rings. The van der Waals surface area contributed by atoms with Crippen LogP contribution in [-0.2, 0) is 22.4 Å². The number of hydrogen-bond donors (Lipinski definition) is 0. The lowest BCUT2D eigenvalue weighted by atomic mass is 9.93. The highest BCUT2D eigenvalue weighted by Crippen LogP contribution is 2.34. The summed E-state index contributed by atoms with van der Waals surface area (Å²) >= 11 is 0. The number of fused-ring (bicyclic) bond motifs is 1. The van der Waals surface area contributed by atoms with Gasteiger partial charge in [-0.1, -0.05) is 18.2 Å². The minimum atomic E-state index is 0.172. The smallest absolute Gasteiger partial charge is 0.237 e. The number of likely N-dealkylation sites (N-methyl/N-ethyl adjacent to an activating group) is 1. The van der Waals surface area contributed by atoms with E-state index in [0.717, 1.165) is 43.6 Å². The van der Waals surface area contributed by atoms with Gasteiger partial charge in [-0.25, -0.2) is 0 Å². The van der Waals surface area contributed by atoms with Crippen LogP contribution in [0.3, 0.4) is 0 Å². The predicted molar refractivity (Wildman–Crippen MR) is 106 cm³/mol. The van der Waals surface area contributed by atoms with Crippen LogP contribution in [0.25, 0.3) is 11.6 Å². The molecule has 27 heavy (non-hydrogen) atoms. The highest BCUT2D eigenvalue weighted by atomic mass is 16.2. The van der Waals surface area contributed by atoms with Gasteiger partial charge in [0.05, 0.1) is 12.2 Å². The van der Waals surface area contributed by atoms with Gasteiger partial charge in [-0.05, 0) is 50.6 Å². The summed E-state index contributed by atoms with van der Waals surface area (Å²) in [5.41, 5.74) is 5.65. The van der Waals surface area contributed by atoms with Crippen LogP contribution in [-0.4, -0.2) is 60.2 Å². The molecule has 5 nitrogen and oxygen atoms in total. The minimum absolute atomic E-state index is 0.172. The average Bonchev–Trinajstić information content (AvgIpc) is 3.39. The number of rotatable bonds is 6. The van der Waals surface area contributed by atoms with Crippen molar-refractivity contribution in [3.8, 4) is 0 Å². The Labute approximate surface area is 160 Å². The van der Waals surface area contributed by atoms with Crippen molar-refractivity contribution in [3.63, 3.8) is 0 Å². The molecule has 0 radical (unpaired) electrons. The molecular formula is C22H27N3O2. The van der Waals surface area contributed by atoms with Crippen LogP contribution in [0.4, 0.5) is 0 Å². The Kier molecular flexibility index (Phi) is 4.96. The fourth-order valence-electron chi connectivity index (χ4n) is 3.89. The Bertz CT molecular complexity index is 834. The van der Waals surface area contributed by atoms with Crippen LogP contribution in [0.2, 0.25) is 0 Å². The summed E-state index contributed by atoms with van der Waals surface area (Å²) in [6.45, 7) is 1.85. The van der Waals surface area contributed by atoms with Gasteiger partial charge in [-0.15, -0.1) is 0 Å². The number of carbonyl (C=O) groups is 2. The zero-order valence-electron chi connectivity index (χ0n) is 16.2. The predicted octanol–water partition coefficient (Wildman–Crippen LogP) is 2.35. The van der Waals surface area contributed by atoms with Gasteiger partial charge in [0.15, 0.2) is 0 Å². The van der Waals surface area contributed by atoms with Crippen LogP contribution in [0, 0.1) is 5.92 Å². The number of pyridine rings is 1. The summed E-state index contributed by atoms with van der Waals surface area (Å²) < 4.78 is 0. The third-order valence-electron chi connectivity index (χ3n) is 5.53. The largest absolute Gasteiger partial charge is 0.338 e. The molecule has 3 aliphatic rings. The lowest BCUT2D eigenvalue weighted by Crippen LogP contribution is -2.40. The van der Waals surface area contributed by atoms with Crippen LogP contribution in [0.15, 0.2) is 18.2 Å². The molecule has 1 aromatic heterocycles. The first-order chi connectivity index (χ1) is 13.0. The van der Waals surface area contributed by atoms with Gasteiger partial charge in [0.2, 0.25) is 5.91 Å². The second-order valence-electron chi connectivity index (χ2n) is 8.10. The first-order valence-corrected chi connectivity index (χ1v) is 9.85. The molecule has 1 aromatic rings. The molecule has 1 amide bonds. The van der Waals surface area contributed by atoms with Gasteiger partial charge in [0.1, 0.15) is 5.78 Å². The zero-order chi connectivity index (χ0) is 19.0. The van der Waals surface area contributed by atoms with E-state index in [1.54, 1.807) is 0 Å². The van der Waals surface area contributed by atoms with E-state index >= 15 is 0 Å². The van der Waals surface area contributed by atoms with Crippen LogP contribution < -0.4 is 0 Å². The molecule has 142 valence electrons. The molecule has 0 atom stereocenters. The van der Waals surface area contributed by atoms with E-state index in [4.69, 9.17) is 4.98 Å². The van der Waals surface area contributed by atoms with E-state index in [9.17, 15) is 9.59 Å². The highest BCUT2D eigenvalue weighted by Gasteiger charge is 2.30. The Morgan fingerprint density at radius 2 is 2.11 bits per heavy atom. The van der Waals surface area contributed by atoms with Crippen molar-refractivity contribution in [3.05, 3.63) is 40.7 Å². The molecule has 0 spiro atoms. The van der Waals surface area contributed by atoms with Crippen LogP contribution >= 0.6 is 0 Å². The monoisotopic (exact) mass is 365 g/mol. The van der Waals surface area contributed by atoms with Gasteiger partial charge in [-0.3, -0.25) is 14.6 Å². The molecule has 0 aromatic carbocycles. The maximum absolute atomic E-state index is 12.3. The quantitative estimate of drug-likeness (QED) is 0.777. The van der Waals surface area contributed by atoms with Crippen LogP contribution in [0.5, 0.6) is 0 Å². The molecule has 0 unspecified atom stereocenters. The topological polar surface area (TPSA) is 53.5 Å². The molecule has 4 rings (SSSR count). The van der Waals surface area contributed by atoms with Gasteiger partial charge in [0, 0.05) is 43.1 Å². The molecule has 0 saturated heterocycles. The molecule has 5 heteroatoms. The second-order valence-corrected chi connectivity index (χ2v) is 8.10. The van der Waals surface area contributed by atoms with E-state index in [1.165, 1.54) is 16.7 Å². The van der Waals surface area contributed by atoms with Gasteiger partial charge in [0.25, 0.3) is 0 Å². The third kappa shape index (κ3) is 4.03. The normalized spacial score (nSPS) is 18.6. The Morgan fingerprint density at radius 3 is 2.78 bits per heavy atom. The summed E-state index contributed by atoms with van der Waals surface area (Å²) in [6, 6.07) is 2.11. The van der Waals surface area contributed by atoms with Crippen molar-refractivity contribution >= 4 is 23.3 Å². The summed E-state index contributed by atoms with van der Waals surface area (Å²) in [6.07, 6.45) is 10.7. The summed E-state index contributed by atoms with van der Waals surface area (Å²) in [5.74, 6) is 0.773. The first-order valence-electron chi connectivity index (χ1n) is 9.85. The van der Waals surface area contributed by atoms with E-state index in [-0.39, 0.29) is 11.8 Å². The number of hydrogen-bond acceptors (Lipinski definition) is 4. The van der Waals surface area contributed by atoms with Crippen molar-refractivity contribution in [2.45, 2.75) is 32.1 Å². The summed E-state index contributed by atoms with van der Waals surface area (Å²) in [5, 5.41) is 0. The van der Waals surface area contributed by atoms with E-state index < -0.39 is 0 Å². The highest BCUT2D eigenvalue weighted by molar-refractivity contribution is 5.86. The standard InChI is InChI=1S/C22H27N3O2/c1-24(2)14-22(27)25-10-8-15(9-11-25)19-12-17(13-21(26)16-6-7-16)23-20-5-3-4-18(19)20/h3-4,8,12,16H,5-7,9-11,13-14H2,1-2H3. The molecular weight excluding hydrogens is 338 g/mol. The van der Waals surface area contributed by atoms with Crippen molar-refractivity contribution in [1.29, 1.82) is 0 Å². The molecule has 0 bridgehead atoms. The number of amides is 1. The number of carbonyl (C=O) groups excluding carboxylic acids is 2. The third-order valence-corrected chi connectivity index (χ3v) is 5.53. The fourth-order valence-corrected chi connectivity index (χ4v) is 3.89. The second kappa shape index (κ2) is 7.39. The van der Waals surface area contributed by atoms with Gasteiger partial charge >= 0.3 is 0 Å². The van der Waals surface area contributed by atoms with E-state index in [0.29, 0.717) is 25.3 Å². The molecule has 2 heterocycles. The number of Topliss-reactive ketones (excluding diaryl/α,β-unsaturated/α-hetero) is 1. The number of allylic oxidation sites excluding steroid dienone is 1. The van der Waals surface area contributed by atoms with Crippen molar-refractivity contribution in [2.24, 2.45) is 5.92 Å². The maximum atomic E-state index is 12.3. The molecule has 0 N–H and O–H groups in total. The Balaban J connectivity index is 1.55. The Morgan fingerprint density at radius 1 is 1.30 bits per heavy atom. The molecule has 1 aliphatic heterocycles. The maximum Gasteiger partial charge on any atom is 0.237 e. The summed E-state index contributed by atoms with van der Waals surface area (Å²) in [7, 11) is 3.83. The lowest BCUT2D eigenvalue weighted by molar-refractivity contribution is -0.131.